The predicted octanol–water partition coefficient (Wildman–Crippen LogP) is 1.71. The minimum absolute atomic E-state index is 0. The number of amides is 2. The van der Waals surface area contributed by atoms with Gasteiger partial charge in [-0.1, -0.05) is 39.0 Å². The first-order chi connectivity index (χ1) is 11.4. The van der Waals surface area contributed by atoms with Crippen LogP contribution in [0.25, 0.3) is 0 Å². The number of benzene rings is 1. The number of hydrogen-bond acceptors (Lipinski definition) is 4. The normalized spacial score (nSPS) is 16.9. The molecule has 0 fully saturated rings. The van der Waals surface area contributed by atoms with Crippen LogP contribution >= 0.6 is 12.4 Å². The molecule has 0 saturated heterocycles. The molecule has 1 heterocycles. The molecule has 0 radical (unpaired) electrons. The average molecular weight is 370 g/mol. The van der Waals surface area contributed by atoms with Crippen LogP contribution in [0, 0.1) is 5.92 Å². The van der Waals surface area contributed by atoms with E-state index in [9.17, 15) is 9.59 Å². The number of carbonyl (C=O) groups is 2. The van der Waals surface area contributed by atoms with E-state index in [0.717, 1.165) is 23.3 Å². The molecule has 1 aromatic rings. The van der Waals surface area contributed by atoms with Crippen molar-refractivity contribution >= 4 is 24.2 Å². The van der Waals surface area contributed by atoms with Gasteiger partial charge in [-0.3, -0.25) is 9.59 Å². The van der Waals surface area contributed by atoms with Gasteiger partial charge in [-0.25, -0.2) is 0 Å². The van der Waals surface area contributed by atoms with E-state index < -0.39 is 6.04 Å². The molecule has 1 unspecified atom stereocenters. The second-order valence-electron chi connectivity index (χ2n) is 6.43. The molecule has 0 bridgehead atoms. The van der Waals surface area contributed by atoms with Gasteiger partial charge in [-0.15, -0.1) is 12.4 Å². The maximum Gasteiger partial charge on any atom is 0.239 e. The lowest BCUT2D eigenvalue weighted by Gasteiger charge is -2.28. The minimum atomic E-state index is -0.603. The van der Waals surface area contributed by atoms with Crippen molar-refractivity contribution < 1.29 is 14.3 Å². The molecule has 25 heavy (non-hydrogen) atoms. The van der Waals surface area contributed by atoms with Gasteiger partial charge in [0.2, 0.25) is 11.8 Å². The summed E-state index contributed by atoms with van der Waals surface area (Å²) in [7, 11) is 0. The van der Waals surface area contributed by atoms with Crippen LogP contribution in [0.4, 0.5) is 0 Å². The zero-order valence-electron chi connectivity index (χ0n) is 15.0. The summed E-state index contributed by atoms with van der Waals surface area (Å²) >= 11 is 0. The number of hydrogen-bond donors (Lipinski definition) is 3. The van der Waals surface area contributed by atoms with E-state index in [1.807, 2.05) is 32.0 Å². The standard InChI is InChI=1S/C18H27N3O3.ClH/c1-4-12-6-5-7-13-14(8-9-24-17(12)13)21-15(22)10-20-18(23)16(19)11(2)3;/h5-7,11,14,16H,4,8-10,19H2,1-3H3,(H,20,23)(H,21,22);1H/t14?,16-;/m0./s1. The fourth-order valence-electron chi connectivity index (χ4n) is 2.75. The van der Waals surface area contributed by atoms with Gasteiger partial charge in [-0.2, -0.15) is 0 Å². The Morgan fingerprint density at radius 1 is 1.36 bits per heavy atom. The van der Waals surface area contributed by atoms with Crippen LogP contribution in [0.1, 0.15) is 44.4 Å². The summed E-state index contributed by atoms with van der Waals surface area (Å²) in [5.74, 6) is 0.380. The topological polar surface area (TPSA) is 93.5 Å². The number of halogens is 1. The summed E-state index contributed by atoms with van der Waals surface area (Å²) in [6.45, 7) is 6.32. The van der Waals surface area contributed by atoms with Gasteiger partial charge < -0.3 is 21.1 Å². The van der Waals surface area contributed by atoms with Crippen LogP contribution in [0.3, 0.4) is 0 Å². The Labute approximate surface area is 155 Å². The highest BCUT2D eigenvalue weighted by atomic mass is 35.5. The highest BCUT2D eigenvalue weighted by Gasteiger charge is 2.25. The number of nitrogens with one attached hydrogen (secondary N) is 2. The van der Waals surface area contributed by atoms with Crippen LogP contribution in [0.2, 0.25) is 0 Å². The predicted molar refractivity (Wildman–Crippen MR) is 99.9 cm³/mol. The molecule has 0 aromatic heterocycles. The molecule has 0 aliphatic carbocycles. The van der Waals surface area contributed by atoms with E-state index in [2.05, 4.69) is 17.6 Å². The van der Waals surface area contributed by atoms with E-state index >= 15 is 0 Å². The Morgan fingerprint density at radius 3 is 2.72 bits per heavy atom. The van der Waals surface area contributed by atoms with Crippen molar-refractivity contribution in [1.82, 2.24) is 10.6 Å². The number of rotatable bonds is 6. The number of fused-ring (bicyclic) bond motifs is 1. The largest absolute Gasteiger partial charge is 0.493 e. The Hall–Kier alpha value is -1.79. The third kappa shape index (κ3) is 5.34. The van der Waals surface area contributed by atoms with E-state index in [0.29, 0.717) is 13.0 Å². The average Bonchev–Trinajstić information content (AvgIpc) is 2.58. The minimum Gasteiger partial charge on any atom is -0.493 e. The maximum absolute atomic E-state index is 12.2. The van der Waals surface area contributed by atoms with Crippen molar-refractivity contribution in [1.29, 1.82) is 0 Å². The van der Waals surface area contributed by atoms with Crippen molar-refractivity contribution in [2.75, 3.05) is 13.2 Å². The van der Waals surface area contributed by atoms with Crippen LogP contribution < -0.4 is 21.1 Å². The van der Waals surface area contributed by atoms with Gasteiger partial charge in [-0.05, 0) is 17.9 Å². The summed E-state index contributed by atoms with van der Waals surface area (Å²) in [4.78, 5) is 24.0. The van der Waals surface area contributed by atoms with E-state index in [1.165, 1.54) is 0 Å². The first kappa shape index (κ1) is 21.3. The van der Waals surface area contributed by atoms with Crippen LogP contribution in [0.5, 0.6) is 5.75 Å². The van der Waals surface area contributed by atoms with Crippen LogP contribution in [-0.2, 0) is 16.0 Å². The van der Waals surface area contributed by atoms with Crippen molar-refractivity contribution in [2.45, 2.75) is 45.7 Å². The number of ether oxygens (including phenoxy) is 1. The van der Waals surface area contributed by atoms with Gasteiger partial charge >= 0.3 is 0 Å². The zero-order valence-corrected chi connectivity index (χ0v) is 15.8. The third-order valence-corrected chi connectivity index (χ3v) is 4.32. The zero-order chi connectivity index (χ0) is 17.7. The molecule has 7 heteroatoms. The van der Waals surface area contributed by atoms with E-state index in [-0.39, 0.29) is 42.7 Å². The summed E-state index contributed by atoms with van der Waals surface area (Å²) in [5, 5.41) is 5.57. The fraction of sp³-hybridized carbons (Fsp3) is 0.556. The fourth-order valence-corrected chi connectivity index (χ4v) is 2.75. The molecule has 0 spiro atoms. The molecule has 140 valence electrons. The summed E-state index contributed by atoms with van der Waals surface area (Å²) in [5.41, 5.74) is 7.91. The lowest BCUT2D eigenvalue weighted by Crippen LogP contribution is -2.47. The second kappa shape index (κ2) is 9.63. The molecular weight excluding hydrogens is 342 g/mol. The monoisotopic (exact) mass is 369 g/mol. The molecule has 2 amide bonds. The lowest BCUT2D eigenvalue weighted by atomic mass is 9.96. The quantitative estimate of drug-likeness (QED) is 0.711. The van der Waals surface area contributed by atoms with Crippen LogP contribution in [0.15, 0.2) is 18.2 Å². The number of nitrogens with two attached hydrogens (primary N) is 1. The second-order valence-corrected chi connectivity index (χ2v) is 6.43. The first-order valence-electron chi connectivity index (χ1n) is 8.51. The lowest BCUT2D eigenvalue weighted by molar-refractivity contribution is -0.127. The Bertz CT molecular complexity index is 607. The molecule has 0 saturated carbocycles. The number of para-hydroxylation sites is 1. The van der Waals surface area contributed by atoms with Gasteiger partial charge in [0.25, 0.3) is 0 Å². The molecule has 1 aromatic carbocycles. The van der Waals surface area contributed by atoms with E-state index in [4.69, 9.17) is 10.5 Å². The molecule has 6 nitrogen and oxygen atoms in total. The summed E-state index contributed by atoms with van der Waals surface area (Å²) < 4.78 is 5.78. The van der Waals surface area contributed by atoms with Crippen LogP contribution in [-0.4, -0.2) is 31.0 Å². The maximum atomic E-state index is 12.2. The number of carbonyl (C=O) groups excluding carboxylic acids is 2. The van der Waals surface area contributed by atoms with Gasteiger partial charge in [0, 0.05) is 12.0 Å². The van der Waals surface area contributed by atoms with Crippen molar-refractivity contribution in [2.24, 2.45) is 11.7 Å². The highest BCUT2D eigenvalue weighted by molar-refractivity contribution is 5.87. The third-order valence-electron chi connectivity index (χ3n) is 4.32. The Balaban J connectivity index is 0.00000312. The van der Waals surface area contributed by atoms with Crippen molar-refractivity contribution in [3.8, 4) is 5.75 Å². The SMILES string of the molecule is CCc1cccc2c1OCCC2NC(=O)CNC(=O)[C@@H](N)C(C)C.Cl. The van der Waals surface area contributed by atoms with E-state index in [1.54, 1.807) is 0 Å². The highest BCUT2D eigenvalue weighted by Crippen LogP contribution is 2.35. The van der Waals surface area contributed by atoms with Crippen molar-refractivity contribution in [3.63, 3.8) is 0 Å². The van der Waals surface area contributed by atoms with Crippen molar-refractivity contribution in [3.05, 3.63) is 29.3 Å². The Morgan fingerprint density at radius 2 is 2.08 bits per heavy atom. The smallest absolute Gasteiger partial charge is 0.239 e. The molecule has 1 aliphatic rings. The van der Waals surface area contributed by atoms with Gasteiger partial charge in [0.05, 0.1) is 25.2 Å². The summed E-state index contributed by atoms with van der Waals surface area (Å²) in [6, 6.07) is 5.30. The molecule has 4 N–H and O–H groups in total. The molecular formula is C18H28ClN3O3. The molecule has 2 rings (SSSR count). The van der Waals surface area contributed by atoms with Gasteiger partial charge in [0.15, 0.2) is 0 Å². The first-order valence-corrected chi connectivity index (χ1v) is 8.51. The molecule has 2 atom stereocenters. The summed E-state index contributed by atoms with van der Waals surface area (Å²) in [6.07, 6.45) is 1.60. The number of aryl methyl sites for hydroxylation is 1. The molecule has 1 aliphatic heterocycles. The Kier molecular flexibility index (Phi) is 8.19. The van der Waals surface area contributed by atoms with Gasteiger partial charge in [0.1, 0.15) is 5.75 Å².